The van der Waals surface area contributed by atoms with Crippen molar-refractivity contribution in [1.29, 1.82) is 0 Å². The first-order valence-corrected chi connectivity index (χ1v) is 6.21. The lowest BCUT2D eigenvalue weighted by atomic mass is 10.0. The molecule has 2 aromatic rings. The van der Waals surface area contributed by atoms with Gasteiger partial charge in [0.25, 0.3) is 0 Å². The van der Waals surface area contributed by atoms with Gasteiger partial charge in [0.1, 0.15) is 5.82 Å². The van der Waals surface area contributed by atoms with Crippen LogP contribution in [0.4, 0.5) is 11.5 Å². The van der Waals surface area contributed by atoms with Gasteiger partial charge in [-0.2, -0.15) is 0 Å². The van der Waals surface area contributed by atoms with Crippen LogP contribution in [-0.4, -0.2) is 4.98 Å². The molecule has 0 unspecified atom stereocenters. The molecule has 0 spiro atoms. The van der Waals surface area contributed by atoms with E-state index in [0.29, 0.717) is 12.5 Å². The van der Waals surface area contributed by atoms with Crippen LogP contribution < -0.4 is 11.1 Å². The van der Waals surface area contributed by atoms with Gasteiger partial charge in [-0.05, 0) is 35.2 Å². The second-order valence-corrected chi connectivity index (χ2v) is 4.66. The van der Waals surface area contributed by atoms with E-state index >= 15 is 0 Å². The van der Waals surface area contributed by atoms with Crippen molar-refractivity contribution in [2.45, 2.75) is 26.3 Å². The van der Waals surface area contributed by atoms with Crippen LogP contribution in [0.15, 0.2) is 42.6 Å². The van der Waals surface area contributed by atoms with Crippen molar-refractivity contribution < 1.29 is 0 Å². The normalized spacial score (nSPS) is 10.7. The van der Waals surface area contributed by atoms with Gasteiger partial charge < -0.3 is 11.1 Å². The lowest BCUT2D eigenvalue weighted by Gasteiger charge is -2.09. The quantitative estimate of drug-likeness (QED) is 0.862. The van der Waals surface area contributed by atoms with E-state index in [1.807, 2.05) is 12.1 Å². The van der Waals surface area contributed by atoms with E-state index in [4.69, 9.17) is 5.73 Å². The number of hydrogen-bond acceptors (Lipinski definition) is 3. The molecular weight excluding hydrogens is 222 g/mol. The van der Waals surface area contributed by atoms with Crippen LogP contribution in [-0.2, 0) is 6.54 Å². The summed E-state index contributed by atoms with van der Waals surface area (Å²) in [7, 11) is 0. The third kappa shape index (κ3) is 3.08. The number of hydrogen-bond donors (Lipinski definition) is 2. The number of nitrogens with zero attached hydrogens (tertiary/aromatic N) is 1. The molecule has 1 aromatic carbocycles. The highest BCUT2D eigenvalue weighted by atomic mass is 15.0. The molecule has 0 fully saturated rings. The molecule has 0 aliphatic heterocycles. The van der Waals surface area contributed by atoms with E-state index in [1.165, 1.54) is 5.56 Å². The van der Waals surface area contributed by atoms with Crippen LogP contribution in [0.2, 0.25) is 0 Å². The molecule has 0 bridgehead atoms. The Hall–Kier alpha value is -1.87. The number of pyridine rings is 1. The number of benzene rings is 1. The van der Waals surface area contributed by atoms with E-state index in [2.05, 4.69) is 48.4 Å². The molecule has 0 saturated heterocycles. The van der Waals surface area contributed by atoms with E-state index in [1.54, 1.807) is 6.20 Å². The Balaban J connectivity index is 2.08. The van der Waals surface area contributed by atoms with Gasteiger partial charge >= 0.3 is 0 Å². The average Bonchev–Trinajstić information content (AvgIpc) is 2.40. The molecule has 2 rings (SSSR count). The van der Waals surface area contributed by atoms with Crippen LogP contribution >= 0.6 is 0 Å². The van der Waals surface area contributed by atoms with Gasteiger partial charge in [-0.3, -0.25) is 0 Å². The predicted octanol–water partition coefficient (Wildman–Crippen LogP) is 3.41. The molecule has 94 valence electrons. The van der Waals surface area contributed by atoms with Crippen molar-refractivity contribution in [2.75, 3.05) is 5.32 Å². The standard InChI is InChI=1S/C15H19N3/c1-11(2)13-4-6-14(7-5-13)18-15-8-3-12(9-16)10-17-15/h3-8,10-11H,9,16H2,1-2H3,(H,17,18). The Morgan fingerprint density at radius 2 is 1.83 bits per heavy atom. The number of nitrogens with one attached hydrogen (secondary N) is 1. The highest BCUT2D eigenvalue weighted by Crippen LogP contribution is 2.19. The van der Waals surface area contributed by atoms with Crippen molar-refractivity contribution in [1.82, 2.24) is 4.98 Å². The fraction of sp³-hybridized carbons (Fsp3) is 0.267. The van der Waals surface area contributed by atoms with Gasteiger partial charge in [0, 0.05) is 18.4 Å². The molecule has 1 heterocycles. The predicted molar refractivity (Wildman–Crippen MR) is 75.9 cm³/mol. The lowest BCUT2D eigenvalue weighted by Crippen LogP contribution is -1.99. The molecule has 0 amide bonds. The summed E-state index contributed by atoms with van der Waals surface area (Å²) in [5.41, 5.74) is 8.96. The Labute approximate surface area is 108 Å². The molecular formula is C15H19N3. The Kier molecular flexibility index (Phi) is 3.95. The third-order valence-corrected chi connectivity index (χ3v) is 2.91. The van der Waals surface area contributed by atoms with Gasteiger partial charge in [-0.1, -0.05) is 32.0 Å². The number of rotatable bonds is 4. The van der Waals surface area contributed by atoms with Gasteiger partial charge in [0.15, 0.2) is 0 Å². The number of aromatic nitrogens is 1. The van der Waals surface area contributed by atoms with Crippen molar-refractivity contribution in [3.8, 4) is 0 Å². The maximum atomic E-state index is 5.54. The Morgan fingerprint density at radius 1 is 1.11 bits per heavy atom. The minimum absolute atomic E-state index is 0.524. The van der Waals surface area contributed by atoms with Gasteiger partial charge in [-0.25, -0.2) is 4.98 Å². The SMILES string of the molecule is CC(C)c1ccc(Nc2ccc(CN)cn2)cc1. The van der Waals surface area contributed by atoms with E-state index in [0.717, 1.165) is 17.1 Å². The molecule has 0 aliphatic carbocycles. The van der Waals surface area contributed by atoms with Gasteiger partial charge in [0.05, 0.1) is 0 Å². The van der Waals surface area contributed by atoms with Crippen molar-refractivity contribution in [2.24, 2.45) is 5.73 Å². The zero-order chi connectivity index (χ0) is 13.0. The molecule has 3 heteroatoms. The largest absolute Gasteiger partial charge is 0.340 e. The molecule has 0 radical (unpaired) electrons. The summed E-state index contributed by atoms with van der Waals surface area (Å²) < 4.78 is 0. The molecule has 18 heavy (non-hydrogen) atoms. The fourth-order valence-electron chi connectivity index (χ4n) is 1.72. The van der Waals surface area contributed by atoms with Gasteiger partial charge in [0.2, 0.25) is 0 Å². The van der Waals surface area contributed by atoms with Crippen LogP contribution in [0.25, 0.3) is 0 Å². The van der Waals surface area contributed by atoms with Crippen LogP contribution in [0, 0.1) is 0 Å². The summed E-state index contributed by atoms with van der Waals surface area (Å²) in [5, 5.41) is 3.27. The summed E-state index contributed by atoms with van der Waals surface area (Å²) in [5.74, 6) is 1.39. The van der Waals surface area contributed by atoms with Crippen LogP contribution in [0.3, 0.4) is 0 Å². The zero-order valence-electron chi connectivity index (χ0n) is 10.9. The lowest BCUT2D eigenvalue weighted by molar-refractivity contribution is 0.867. The molecule has 0 saturated carbocycles. The van der Waals surface area contributed by atoms with Crippen LogP contribution in [0.1, 0.15) is 30.9 Å². The molecule has 3 nitrogen and oxygen atoms in total. The summed E-state index contributed by atoms with van der Waals surface area (Å²) in [6.07, 6.45) is 1.80. The van der Waals surface area contributed by atoms with Crippen molar-refractivity contribution >= 4 is 11.5 Å². The number of anilines is 2. The van der Waals surface area contributed by atoms with E-state index in [9.17, 15) is 0 Å². The van der Waals surface area contributed by atoms with Crippen molar-refractivity contribution in [3.05, 3.63) is 53.7 Å². The highest BCUT2D eigenvalue weighted by molar-refractivity contribution is 5.56. The van der Waals surface area contributed by atoms with E-state index in [-0.39, 0.29) is 0 Å². The fourth-order valence-corrected chi connectivity index (χ4v) is 1.72. The number of nitrogens with two attached hydrogens (primary N) is 1. The molecule has 3 N–H and O–H groups in total. The second-order valence-electron chi connectivity index (χ2n) is 4.66. The molecule has 1 aromatic heterocycles. The average molecular weight is 241 g/mol. The smallest absolute Gasteiger partial charge is 0.130 e. The Morgan fingerprint density at radius 3 is 2.33 bits per heavy atom. The Bertz CT molecular complexity index is 486. The summed E-state index contributed by atoms with van der Waals surface area (Å²) in [6, 6.07) is 12.4. The highest BCUT2D eigenvalue weighted by Gasteiger charge is 2.00. The summed E-state index contributed by atoms with van der Waals surface area (Å²) in [6.45, 7) is 4.90. The first-order chi connectivity index (χ1) is 8.69. The first-order valence-electron chi connectivity index (χ1n) is 6.21. The maximum Gasteiger partial charge on any atom is 0.130 e. The minimum atomic E-state index is 0.524. The first kappa shape index (κ1) is 12.6. The van der Waals surface area contributed by atoms with Crippen LogP contribution in [0.5, 0.6) is 0 Å². The molecule has 0 aliphatic rings. The maximum absolute atomic E-state index is 5.54. The van der Waals surface area contributed by atoms with E-state index < -0.39 is 0 Å². The summed E-state index contributed by atoms with van der Waals surface area (Å²) in [4.78, 5) is 4.31. The van der Waals surface area contributed by atoms with Crippen molar-refractivity contribution in [3.63, 3.8) is 0 Å². The van der Waals surface area contributed by atoms with Gasteiger partial charge in [-0.15, -0.1) is 0 Å². The zero-order valence-corrected chi connectivity index (χ0v) is 10.9. The minimum Gasteiger partial charge on any atom is -0.340 e. The molecule has 0 atom stereocenters. The monoisotopic (exact) mass is 241 g/mol. The summed E-state index contributed by atoms with van der Waals surface area (Å²) >= 11 is 0. The third-order valence-electron chi connectivity index (χ3n) is 2.91. The second kappa shape index (κ2) is 5.65. The topological polar surface area (TPSA) is 50.9 Å².